The lowest BCUT2D eigenvalue weighted by atomic mass is 10.0. The lowest BCUT2D eigenvalue weighted by Crippen LogP contribution is -2.22. The Bertz CT molecular complexity index is 618. The molecule has 0 aliphatic rings. The Morgan fingerprint density at radius 1 is 1.20 bits per heavy atom. The molecule has 0 atom stereocenters. The molecule has 4 nitrogen and oxygen atoms in total. The lowest BCUT2D eigenvalue weighted by molar-refractivity contribution is -0.154. The van der Waals surface area contributed by atoms with E-state index in [1.165, 1.54) is 26.2 Å². The quantitative estimate of drug-likeness (QED) is 0.851. The summed E-state index contributed by atoms with van der Waals surface area (Å²) in [6, 6.07) is 7.75. The molecule has 1 aromatic carbocycles. The number of hydrogen-bond acceptors (Lipinski definition) is 3. The second kappa shape index (κ2) is 4.99. The van der Waals surface area contributed by atoms with Crippen molar-refractivity contribution >= 4 is 5.91 Å². The molecule has 20 heavy (non-hydrogen) atoms. The van der Waals surface area contributed by atoms with Gasteiger partial charge in [-0.2, -0.15) is 13.2 Å². The third-order valence-electron chi connectivity index (χ3n) is 2.62. The lowest BCUT2D eigenvalue weighted by Gasteiger charge is -2.10. The number of benzene rings is 1. The minimum absolute atomic E-state index is 0.228. The van der Waals surface area contributed by atoms with Crippen LogP contribution in [0.3, 0.4) is 0 Å². The molecular weight excluding hydrogens is 273 g/mol. The fourth-order valence-corrected chi connectivity index (χ4v) is 1.71. The molecular formula is C13H11F3N2O2. The van der Waals surface area contributed by atoms with Crippen LogP contribution in [0.15, 0.2) is 34.9 Å². The minimum atomic E-state index is -4.72. The summed E-state index contributed by atoms with van der Waals surface area (Å²) in [5.74, 6) is -1.92. The Hall–Kier alpha value is -2.31. The Morgan fingerprint density at radius 3 is 2.30 bits per heavy atom. The smallest absolute Gasteiger partial charge is 0.350 e. The monoisotopic (exact) mass is 284 g/mol. The van der Waals surface area contributed by atoms with Crippen LogP contribution in [0.2, 0.25) is 0 Å². The van der Waals surface area contributed by atoms with Gasteiger partial charge in [0.1, 0.15) is 0 Å². The molecule has 2 aromatic rings. The molecule has 0 saturated carbocycles. The first-order valence-electron chi connectivity index (χ1n) is 5.66. The summed E-state index contributed by atoms with van der Waals surface area (Å²) in [6.07, 6.45) is -4.72. The fraction of sp³-hybridized carbons (Fsp3) is 0.231. The van der Waals surface area contributed by atoms with E-state index in [0.29, 0.717) is 0 Å². The maximum Gasteiger partial charge on any atom is 0.453 e. The van der Waals surface area contributed by atoms with Gasteiger partial charge in [-0.05, 0) is 5.56 Å². The largest absolute Gasteiger partial charge is 0.453 e. The van der Waals surface area contributed by atoms with Crippen molar-refractivity contribution in [3.63, 3.8) is 0 Å². The first-order valence-corrected chi connectivity index (χ1v) is 5.66. The zero-order valence-corrected chi connectivity index (χ0v) is 10.7. The molecule has 0 saturated heterocycles. The van der Waals surface area contributed by atoms with Crippen molar-refractivity contribution in [2.45, 2.75) is 6.18 Å². The number of hydrogen-bond donors (Lipinski definition) is 0. The number of nitrogens with zero attached hydrogens (tertiary/aromatic N) is 2. The zero-order valence-electron chi connectivity index (χ0n) is 10.7. The number of aromatic nitrogens is 1. The fourth-order valence-electron chi connectivity index (χ4n) is 1.71. The highest BCUT2D eigenvalue weighted by molar-refractivity contribution is 5.99. The topological polar surface area (TPSA) is 46.3 Å². The highest BCUT2D eigenvalue weighted by Gasteiger charge is 2.42. The van der Waals surface area contributed by atoms with Crippen LogP contribution >= 0.6 is 0 Å². The van der Waals surface area contributed by atoms with Crippen LogP contribution in [-0.4, -0.2) is 30.1 Å². The summed E-state index contributed by atoms with van der Waals surface area (Å²) in [5, 5.41) is 3.29. The van der Waals surface area contributed by atoms with Crippen molar-refractivity contribution in [1.82, 2.24) is 10.1 Å². The number of carbonyl (C=O) groups is 1. The predicted octanol–water partition coefficient (Wildman–Crippen LogP) is 3.06. The maximum atomic E-state index is 13.0. The molecule has 0 N–H and O–H groups in total. The Kier molecular flexibility index (Phi) is 3.52. The van der Waals surface area contributed by atoms with E-state index in [9.17, 15) is 18.0 Å². The summed E-state index contributed by atoms with van der Waals surface area (Å²) in [4.78, 5) is 13.1. The number of amides is 1. The average Bonchev–Trinajstić information content (AvgIpc) is 2.83. The van der Waals surface area contributed by atoms with Crippen LogP contribution in [0.5, 0.6) is 0 Å². The van der Waals surface area contributed by atoms with E-state index in [-0.39, 0.29) is 16.8 Å². The van der Waals surface area contributed by atoms with Crippen LogP contribution in [0.4, 0.5) is 13.2 Å². The van der Waals surface area contributed by atoms with E-state index in [1.54, 1.807) is 18.2 Å². The third-order valence-corrected chi connectivity index (χ3v) is 2.62. The van der Waals surface area contributed by atoms with E-state index in [1.807, 2.05) is 0 Å². The van der Waals surface area contributed by atoms with Gasteiger partial charge in [-0.15, -0.1) is 0 Å². The van der Waals surface area contributed by atoms with Crippen molar-refractivity contribution in [3.05, 3.63) is 41.8 Å². The van der Waals surface area contributed by atoms with Gasteiger partial charge in [-0.1, -0.05) is 35.5 Å². The predicted molar refractivity (Wildman–Crippen MR) is 65.0 cm³/mol. The van der Waals surface area contributed by atoms with Crippen LogP contribution < -0.4 is 0 Å². The standard InChI is InChI=1S/C13H11F3N2O2/c1-18(2)12(19)10-9(8-6-4-3-5-7-8)11(20-17-10)13(14,15)16/h3-7H,1-2H3. The second-order valence-electron chi connectivity index (χ2n) is 4.30. The van der Waals surface area contributed by atoms with Gasteiger partial charge in [0, 0.05) is 14.1 Å². The normalized spacial score (nSPS) is 11.4. The molecule has 0 spiro atoms. The molecule has 106 valence electrons. The van der Waals surface area contributed by atoms with Crippen molar-refractivity contribution in [2.75, 3.05) is 14.1 Å². The summed E-state index contributed by atoms with van der Waals surface area (Å²) < 4.78 is 43.2. The van der Waals surface area contributed by atoms with E-state index in [0.717, 1.165) is 4.90 Å². The van der Waals surface area contributed by atoms with Gasteiger partial charge in [0.25, 0.3) is 5.91 Å². The Labute approximate surface area is 112 Å². The molecule has 0 bridgehead atoms. The summed E-state index contributed by atoms with van der Waals surface area (Å²) in [6.45, 7) is 0. The van der Waals surface area contributed by atoms with Crippen LogP contribution in [0.1, 0.15) is 16.2 Å². The van der Waals surface area contributed by atoms with Crippen molar-refractivity contribution in [3.8, 4) is 11.1 Å². The molecule has 1 amide bonds. The van der Waals surface area contributed by atoms with Gasteiger partial charge < -0.3 is 9.42 Å². The minimum Gasteiger partial charge on any atom is -0.350 e. The third kappa shape index (κ3) is 2.52. The first kappa shape index (κ1) is 14.1. The maximum absolute atomic E-state index is 13.0. The molecule has 0 fully saturated rings. The SMILES string of the molecule is CN(C)C(=O)c1noc(C(F)(F)F)c1-c1ccccc1. The first-order chi connectivity index (χ1) is 9.32. The van der Waals surface area contributed by atoms with Crippen molar-refractivity contribution in [2.24, 2.45) is 0 Å². The Balaban J connectivity index is 2.67. The average molecular weight is 284 g/mol. The summed E-state index contributed by atoms with van der Waals surface area (Å²) >= 11 is 0. The second-order valence-corrected chi connectivity index (χ2v) is 4.30. The molecule has 2 rings (SSSR count). The van der Waals surface area contributed by atoms with Crippen LogP contribution in [0.25, 0.3) is 11.1 Å². The molecule has 0 radical (unpaired) electrons. The van der Waals surface area contributed by atoms with Gasteiger partial charge >= 0.3 is 6.18 Å². The van der Waals surface area contributed by atoms with Gasteiger partial charge in [-0.3, -0.25) is 4.79 Å². The summed E-state index contributed by atoms with van der Waals surface area (Å²) in [7, 11) is 2.86. The van der Waals surface area contributed by atoms with E-state index >= 15 is 0 Å². The highest BCUT2D eigenvalue weighted by Crippen LogP contribution is 2.39. The van der Waals surface area contributed by atoms with Gasteiger partial charge in [0.2, 0.25) is 5.76 Å². The zero-order chi connectivity index (χ0) is 14.9. The molecule has 0 aliphatic heterocycles. The van der Waals surface area contributed by atoms with Gasteiger partial charge in [-0.25, -0.2) is 0 Å². The molecule has 7 heteroatoms. The van der Waals surface area contributed by atoms with Crippen LogP contribution in [-0.2, 0) is 6.18 Å². The molecule has 0 aliphatic carbocycles. The Morgan fingerprint density at radius 2 is 1.80 bits per heavy atom. The highest BCUT2D eigenvalue weighted by atomic mass is 19.4. The number of carbonyl (C=O) groups excluding carboxylic acids is 1. The number of rotatable bonds is 2. The number of halogens is 3. The summed E-state index contributed by atoms with van der Waals surface area (Å²) in [5.41, 5.74) is -0.461. The van der Waals surface area contributed by atoms with E-state index < -0.39 is 17.8 Å². The van der Waals surface area contributed by atoms with E-state index in [2.05, 4.69) is 9.68 Å². The van der Waals surface area contributed by atoms with Crippen molar-refractivity contribution < 1.29 is 22.5 Å². The van der Waals surface area contributed by atoms with Gasteiger partial charge in [0.05, 0.1) is 5.56 Å². The van der Waals surface area contributed by atoms with Gasteiger partial charge in [0.15, 0.2) is 5.69 Å². The molecule has 0 unspecified atom stereocenters. The van der Waals surface area contributed by atoms with Crippen LogP contribution in [0, 0.1) is 0 Å². The molecule has 1 aromatic heterocycles. The molecule has 1 heterocycles. The number of alkyl halides is 3. The van der Waals surface area contributed by atoms with E-state index in [4.69, 9.17) is 0 Å². The van der Waals surface area contributed by atoms with Crippen molar-refractivity contribution in [1.29, 1.82) is 0 Å².